The van der Waals surface area contributed by atoms with Gasteiger partial charge in [-0.15, -0.1) is 0 Å². The van der Waals surface area contributed by atoms with Crippen LogP contribution < -0.4 is 5.32 Å². The van der Waals surface area contributed by atoms with Gasteiger partial charge in [0.15, 0.2) is 0 Å². The molecule has 1 N–H and O–H groups in total. The van der Waals surface area contributed by atoms with Gasteiger partial charge in [0, 0.05) is 18.5 Å². The minimum Gasteiger partial charge on any atom is -0.373 e. The van der Waals surface area contributed by atoms with Crippen LogP contribution in [-0.2, 0) is 11.2 Å². The Hall–Kier alpha value is -0.770. The van der Waals surface area contributed by atoms with Crippen molar-refractivity contribution in [2.75, 3.05) is 18.1 Å². The van der Waals surface area contributed by atoms with Gasteiger partial charge in [-0.25, -0.2) is 9.97 Å². The van der Waals surface area contributed by atoms with E-state index < -0.39 is 0 Å². The molecule has 1 aromatic rings. The first-order valence-corrected chi connectivity index (χ1v) is 6.76. The van der Waals surface area contributed by atoms with Crippen molar-refractivity contribution >= 4 is 17.6 Å². The molecule has 0 aromatic carbocycles. The summed E-state index contributed by atoms with van der Waals surface area (Å²) in [4.78, 5) is 9.08. The van der Waals surface area contributed by atoms with Crippen LogP contribution in [0.15, 0.2) is 6.07 Å². The Labute approximate surface area is 102 Å². The van der Waals surface area contributed by atoms with Crippen LogP contribution in [0.25, 0.3) is 0 Å². The van der Waals surface area contributed by atoms with Crippen LogP contribution in [0, 0.1) is 0 Å². The Kier molecular flexibility index (Phi) is 4.59. The van der Waals surface area contributed by atoms with Gasteiger partial charge in [-0.3, -0.25) is 0 Å². The lowest BCUT2D eigenvalue weighted by Crippen LogP contribution is -2.16. The topological polar surface area (TPSA) is 37.8 Å². The summed E-state index contributed by atoms with van der Waals surface area (Å²) in [5.41, 5.74) is 1.17. The van der Waals surface area contributed by atoms with E-state index in [9.17, 15) is 0 Å². The minimum atomic E-state index is 0.0696. The molecule has 1 rings (SSSR count). The Bertz CT molecular complexity index is 345. The Morgan fingerprint density at radius 1 is 1.31 bits per heavy atom. The highest BCUT2D eigenvalue weighted by atomic mass is 32.2. The highest BCUT2D eigenvalue weighted by Gasteiger charge is 2.17. The number of anilines is 1. The standard InChI is InChI=1S/C12H21N3S/c1-6-16-8-11-14-9(12(2,3)4)7-10(13-5)15-11/h7H,6,8H2,1-5H3,(H,13,14,15). The molecule has 0 amide bonds. The van der Waals surface area contributed by atoms with Crippen LogP contribution in [0.3, 0.4) is 0 Å². The van der Waals surface area contributed by atoms with Crippen molar-refractivity contribution in [3.8, 4) is 0 Å². The fourth-order valence-electron chi connectivity index (χ4n) is 1.27. The second kappa shape index (κ2) is 5.53. The average Bonchev–Trinajstić information content (AvgIpc) is 2.24. The van der Waals surface area contributed by atoms with E-state index in [1.807, 2.05) is 24.9 Å². The highest BCUT2D eigenvalue weighted by molar-refractivity contribution is 7.98. The van der Waals surface area contributed by atoms with E-state index >= 15 is 0 Å². The van der Waals surface area contributed by atoms with Gasteiger partial charge in [0.25, 0.3) is 0 Å². The summed E-state index contributed by atoms with van der Waals surface area (Å²) in [7, 11) is 1.89. The monoisotopic (exact) mass is 239 g/mol. The molecule has 90 valence electrons. The SMILES string of the molecule is CCSCc1nc(NC)cc(C(C)(C)C)n1. The Morgan fingerprint density at radius 3 is 2.50 bits per heavy atom. The normalized spacial score (nSPS) is 11.6. The number of nitrogens with zero attached hydrogens (tertiary/aromatic N) is 2. The van der Waals surface area contributed by atoms with Gasteiger partial charge < -0.3 is 5.32 Å². The van der Waals surface area contributed by atoms with Gasteiger partial charge >= 0.3 is 0 Å². The third-order valence-electron chi connectivity index (χ3n) is 2.23. The second-order valence-electron chi connectivity index (χ2n) is 4.69. The number of nitrogens with one attached hydrogen (secondary N) is 1. The molecule has 0 fully saturated rings. The number of hydrogen-bond acceptors (Lipinski definition) is 4. The van der Waals surface area contributed by atoms with E-state index in [2.05, 4.69) is 43.0 Å². The lowest BCUT2D eigenvalue weighted by atomic mass is 9.92. The van der Waals surface area contributed by atoms with Crippen molar-refractivity contribution in [3.63, 3.8) is 0 Å². The molecule has 4 heteroatoms. The molecule has 3 nitrogen and oxygen atoms in total. The number of aromatic nitrogens is 2. The largest absolute Gasteiger partial charge is 0.373 e. The van der Waals surface area contributed by atoms with Crippen molar-refractivity contribution in [2.24, 2.45) is 0 Å². The summed E-state index contributed by atoms with van der Waals surface area (Å²) in [5, 5.41) is 3.10. The fraction of sp³-hybridized carbons (Fsp3) is 0.667. The van der Waals surface area contributed by atoms with Crippen molar-refractivity contribution in [1.29, 1.82) is 0 Å². The van der Waals surface area contributed by atoms with Gasteiger partial charge in [-0.05, 0) is 5.75 Å². The Balaban J connectivity index is 3.01. The van der Waals surface area contributed by atoms with Crippen molar-refractivity contribution < 1.29 is 0 Å². The molecule has 0 saturated carbocycles. The van der Waals surface area contributed by atoms with Crippen LogP contribution >= 0.6 is 11.8 Å². The third kappa shape index (κ3) is 3.67. The van der Waals surface area contributed by atoms with Gasteiger partial charge in [0.05, 0.1) is 11.4 Å². The summed E-state index contributed by atoms with van der Waals surface area (Å²) in [6.07, 6.45) is 0. The number of rotatable bonds is 4. The average molecular weight is 239 g/mol. The maximum absolute atomic E-state index is 4.62. The second-order valence-corrected chi connectivity index (χ2v) is 5.97. The minimum absolute atomic E-state index is 0.0696. The highest BCUT2D eigenvalue weighted by Crippen LogP contribution is 2.23. The zero-order valence-electron chi connectivity index (χ0n) is 10.8. The van der Waals surface area contributed by atoms with Crippen molar-refractivity contribution in [2.45, 2.75) is 38.9 Å². The molecule has 1 aromatic heterocycles. The number of thioether (sulfide) groups is 1. The van der Waals surface area contributed by atoms with E-state index in [1.165, 1.54) is 0 Å². The first-order valence-electron chi connectivity index (χ1n) is 5.61. The molecule has 0 bridgehead atoms. The molecule has 0 atom stereocenters. The van der Waals surface area contributed by atoms with Gasteiger partial charge in [0.1, 0.15) is 11.6 Å². The lowest BCUT2D eigenvalue weighted by molar-refractivity contribution is 0.564. The zero-order valence-corrected chi connectivity index (χ0v) is 11.6. The molecule has 0 aliphatic heterocycles. The summed E-state index contributed by atoms with van der Waals surface area (Å²) >= 11 is 1.85. The zero-order chi connectivity index (χ0) is 12.2. The summed E-state index contributed by atoms with van der Waals surface area (Å²) < 4.78 is 0. The predicted octanol–water partition coefficient (Wildman–Crippen LogP) is 3.07. The van der Waals surface area contributed by atoms with Crippen LogP contribution in [0.4, 0.5) is 5.82 Å². The van der Waals surface area contributed by atoms with E-state index in [-0.39, 0.29) is 5.41 Å². The molecule has 0 spiro atoms. The van der Waals surface area contributed by atoms with Gasteiger partial charge in [-0.2, -0.15) is 11.8 Å². The number of hydrogen-bond donors (Lipinski definition) is 1. The van der Waals surface area contributed by atoms with Gasteiger partial charge in [-0.1, -0.05) is 27.7 Å². The maximum atomic E-state index is 4.62. The van der Waals surface area contributed by atoms with Crippen molar-refractivity contribution in [3.05, 3.63) is 17.6 Å². The van der Waals surface area contributed by atoms with E-state index in [0.29, 0.717) is 0 Å². The molecule has 1 heterocycles. The van der Waals surface area contributed by atoms with Gasteiger partial charge in [0.2, 0.25) is 0 Å². The first-order chi connectivity index (χ1) is 7.47. The molecule has 0 radical (unpaired) electrons. The van der Waals surface area contributed by atoms with Crippen LogP contribution in [0.2, 0.25) is 0 Å². The van der Waals surface area contributed by atoms with Crippen LogP contribution in [0.5, 0.6) is 0 Å². The van der Waals surface area contributed by atoms with E-state index in [4.69, 9.17) is 0 Å². The van der Waals surface area contributed by atoms with Crippen molar-refractivity contribution in [1.82, 2.24) is 9.97 Å². The lowest BCUT2D eigenvalue weighted by Gasteiger charge is -2.19. The summed E-state index contributed by atoms with van der Waals surface area (Å²) in [6.45, 7) is 8.67. The third-order valence-corrected chi connectivity index (χ3v) is 3.10. The summed E-state index contributed by atoms with van der Waals surface area (Å²) in [5.74, 6) is 3.81. The fourth-order valence-corrected chi connectivity index (χ4v) is 1.78. The van der Waals surface area contributed by atoms with Crippen LogP contribution in [0.1, 0.15) is 39.2 Å². The molecular formula is C12H21N3S. The van der Waals surface area contributed by atoms with E-state index in [0.717, 1.165) is 28.8 Å². The molecule has 0 unspecified atom stereocenters. The van der Waals surface area contributed by atoms with E-state index in [1.54, 1.807) is 0 Å². The quantitative estimate of drug-likeness (QED) is 0.876. The maximum Gasteiger partial charge on any atom is 0.140 e. The summed E-state index contributed by atoms with van der Waals surface area (Å²) in [6, 6.07) is 2.03. The van der Waals surface area contributed by atoms with Crippen LogP contribution in [-0.4, -0.2) is 22.8 Å². The molecule has 0 aliphatic carbocycles. The molecule has 0 saturated heterocycles. The Morgan fingerprint density at radius 2 is 2.00 bits per heavy atom. The molecular weight excluding hydrogens is 218 g/mol. The first kappa shape index (κ1) is 13.3. The smallest absolute Gasteiger partial charge is 0.140 e. The molecule has 16 heavy (non-hydrogen) atoms. The predicted molar refractivity (Wildman–Crippen MR) is 72.1 cm³/mol. The molecule has 0 aliphatic rings.